The van der Waals surface area contributed by atoms with Crippen molar-refractivity contribution in [3.63, 3.8) is 0 Å². The van der Waals surface area contributed by atoms with Crippen molar-refractivity contribution >= 4 is 10.8 Å². The SMILES string of the molecule is CCCCCC1CCC(C2CCC(CCc3ccc4cc(OCC)c(F)c(F)c4c3)CC2)CC1. The van der Waals surface area contributed by atoms with E-state index in [2.05, 4.69) is 13.0 Å². The first-order valence-corrected chi connectivity index (χ1v) is 14.1. The Morgan fingerprint density at radius 3 is 2.03 bits per heavy atom. The van der Waals surface area contributed by atoms with Crippen molar-refractivity contribution in [2.75, 3.05) is 6.61 Å². The second-order valence-electron chi connectivity index (χ2n) is 11.1. The van der Waals surface area contributed by atoms with E-state index in [9.17, 15) is 8.78 Å². The van der Waals surface area contributed by atoms with Crippen LogP contribution >= 0.6 is 0 Å². The average molecular weight is 471 g/mol. The van der Waals surface area contributed by atoms with Crippen LogP contribution in [0.25, 0.3) is 10.8 Å². The molecule has 1 nitrogen and oxygen atoms in total. The van der Waals surface area contributed by atoms with Gasteiger partial charge < -0.3 is 4.74 Å². The molecule has 2 aliphatic carbocycles. The van der Waals surface area contributed by atoms with Crippen LogP contribution < -0.4 is 4.74 Å². The number of aryl methyl sites for hydroxylation is 1. The number of ether oxygens (including phenoxy) is 1. The van der Waals surface area contributed by atoms with Crippen LogP contribution in [-0.2, 0) is 6.42 Å². The van der Waals surface area contributed by atoms with E-state index in [1.54, 1.807) is 13.0 Å². The van der Waals surface area contributed by atoms with Gasteiger partial charge in [-0.1, -0.05) is 70.4 Å². The first-order chi connectivity index (χ1) is 16.6. The normalized spacial score (nSPS) is 25.5. The third-order valence-electron chi connectivity index (χ3n) is 8.86. The fourth-order valence-corrected chi connectivity index (χ4v) is 6.72. The monoisotopic (exact) mass is 470 g/mol. The zero-order valence-electron chi connectivity index (χ0n) is 21.4. The maximum absolute atomic E-state index is 14.6. The smallest absolute Gasteiger partial charge is 0.201 e. The van der Waals surface area contributed by atoms with Crippen molar-refractivity contribution in [3.05, 3.63) is 41.5 Å². The van der Waals surface area contributed by atoms with E-state index in [1.165, 1.54) is 77.0 Å². The third-order valence-corrected chi connectivity index (χ3v) is 8.86. The molecule has 2 aromatic rings. The summed E-state index contributed by atoms with van der Waals surface area (Å²) in [4.78, 5) is 0. The molecule has 2 aromatic carbocycles. The highest BCUT2D eigenvalue weighted by molar-refractivity contribution is 5.85. The molecule has 0 radical (unpaired) electrons. The maximum Gasteiger partial charge on any atom is 0.201 e. The van der Waals surface area contributed by atoms with Crippen LogP contribution in [0.3, 0.4) is 0 Å². The second kappa shape index (κ2) is 12.4. The van der Waals surface area contributed by atoms with Gasteiger partial charge >= 0.3 is 0 Å². The molecule has 0 N–H and O–H groups in total. The number of hydrogen-bond acceptors (Lipinski definition) is 1. The summed E-state index contributed by atoms with van der Waals surface area (Å²) in [6, 6.07) is 7.43. The summed E-state index contributed by atoms with van der Waals surface area (Å²) in [5.41, 5.74) is 1.11. The summed E-state index contributed by atoms with van der Waals surface area (Å²) >= 11 is 0. The van der Waals surface area contributed by atoms with Gasteiger partial charge in [0.1, 0.15) is 0 Å². The Labute approximate surface area is 205 Å². The first kappa shape index (κ1) is 25.5. The van der Waals surface area contributed by atoms with E-state index in [4.69, 9.17) is 4.74 Å². The Kier molecular flexibility index (Phi) is 9.25. The summed E-state index contributed by atoms with van der Waals surface area (Å²) in [5, 5.41) is 1.07. The number of halogens is 2. The molecule has 0 heterocycles. The van der Waals surface area contributed by atoms with Gasteiger partial charge in [-0.2, -0.15) is 4.39 Å². The summed E-state index contributed by atoms with van der Waals surface area (Å²) in [6.07, 6.45) is 19.1. The summed E-state index contributed by atoms with van der Waals surface area (Å²) < 4.78 is 34.2. The Balaban J connectivity index is 1.23. The zero-order chi connectivity index (χ0) is 23.9. The Bertz CT molecular complexity index is 907. The predicted molar refractivity (Wildman–Crippen MR) is 138 cm³/mol. The van der Waals surface area contributed by atoms with Gasteiger partial charge in [0.25, 0.3) is 0 Å². The molecule has 3 heteroatoms. The van der Waals surface area contributed by atoms with Gasteiger partial charge in [0.15, 0.2) is 11.6 Å². The molecule has 0 atom stereocenters. The lowest BCUT2D eigenvalue weighted by Crippen LogP contribution is -2.26. The van der Waals surface area contributed by atoms with Crippen molar-refractivity contribution in [3.8, 4) is 5.75 Å². The topological polar surface area (TPSA) is 9.23 Å². The lowest BCUT2D eigenvalue weighted by Gasteiger charge is -2.38. The number of hydrogen-bond donors (Lipinski definition) is 0. The highest BCUT2D eigenvalue weighted by atomic mass is 19.2. The number of fused-ring (bicyclic) bond motifs is 1. The first-order valence-electron chi connectivity index (χ1n) is 14.1. The molecular formula is C31H44F2O. The Morgan fingerprint density at radius 2 is 1.41 bits per heavy atom. The lowest BCUT2D eigenvalue weighted by molar-refractivity contribution is 0.140. The minimum atomic E-state index is -0.875. The van der Waals surface area contributed by atoms with E-state index in [0.29, 0.717) is 17.4 Å². The number of rotatable bonds is 10. The van der Waals surface area contributed by atoms with Gasteiger partial charge in [0, 0.05) is 5.39 Å². The summed E-state index contributed by atoms with van der Waals surface area (Å²) in [7, 11) is 0. The highest BCUT2D eigenvalue weighted by Gasteiger charge is 2.30. The van der Waals surface area contributed by atoms with Crippen molar-refractivity contribution in [1.82, 2.24) is 0 Å². The molecule has 0 spiro atoms. The number of benzene rings is 2. The zero-order valence-corrected chi connectivity index (χ0v) is 21.4. The second-order valence-corrected chi connectivity index (χ2v) is 11.1. The van der Waals surface area contributed by atoms with Crippen LogP contribution in [0, 0.1) is 35.3 Å². The van der Waals surface area contributed by atoms with Crippen LogP contribution in [0.1, 0.15) is 103 Å². The molecule has 0 aromatic heterocycles. The largest absolute Gasteiger partial charge is 0.491 e. The molecule has 0 unspecified atom stereocenters. The Hall–Kier alpha value is -1.64. The Morgan fingerprint density at radius 1 is 0.765 bits per heavy atom. The van der Waals surface area contributed by atoms with Crippen molar-refractivity contribution in [2.45, 2.75) is 104 Å². The van der Waals surface area contributed by atoms with Gasteiger partial charge in [-0.3, -0.25) is 0 Å². The van der Waals surface area contributed by atoms with Crippen LogP contribution in [0.5, 0.6) is 5.75 Å². The fraction of sp³-hybridized carbons (Fsp3) is 0.677. The van der Waals surface area contributed by atoms with E-state index >= 15 is 0 Å². The molecule has 0 bridgehead atoms. The maximum atomic E-state index is 14.6. The summed E-state index contributed by atoms with van der Waals surface area (Å²) in [5.74, 6) is 2.04. The highest BCUT2D eigenvalue weighted by Crippen LogP contribution is 2.43. The van der Waals surface area contributed by atoms with E-state index in [0.717, 1.165) is 42.1 Å². The van der Waals surface area contributed by atoms with Crippen molar-refractivity contribution in [2.24, 2.45) is 23.7 Å². The molecule has 188 valence electrons. The third kappa shape index (κ3) is 6.32. The standard InChI is InChI=1S/C31H44F2O/c1-3-5-6-7-22-10-15-25(16-11-22)26-17-12-23(13-18-26)8-9-24-14-19-27-21-29(34-4-2)31(33)30(32)28(27)20-24/h14,19-23,25-26H,3-13,15-18H2,1-2H3. The molecular weight excluding hydrogens is 426 g/mol. The summed E-state index contributed by atoms with van der Waals surface area (Å²) in [6.45, 7) is 4.40. The van der Waals surface area contributed by atoms with Crippen molar-refractivity contribution in [1.29, 1.82) is 0 Å². The van der Waals surface area contributed by atoms with Gasteiger partial charge in [0.2, 0.25) is 5.82 Å². The molecule has 0 amide bonds. The average Bonchev–Trinajstić information content (AvgIpc) is 2.87. The number of unbranched alkanes of at least 4 members (excludes halogenated alkanes) is 2. The molecule has 34 heavy (non-hydrogen) atoms. The fourth-order valence-electron chi connectivity index (χ4n) is 6.72. The quantitative estimate of drug-likeness (QED) is 0.314. The van der Waals surface area contributed by atoms with E-state index in [-0.39, 0.29) is 5.75 Å². The van der Waals surface area contributed by atoms with Crippen LogP contribution in [-0.4, -0.2) is 6.61 Å². The molecule has 4 rings (SSSR count). The van der Waals surface area contributed by atoms with Crippen LogP contribution in [0.15, 0.2) is 24.3 Å². The van der Waals surface area contributed by atoms with E-state index < -0.39 is 11.6 Å². The van der Waals surface area contributed by atoms with Crippen LogP contribution in [0.4, 0.5) is 8.78 Å². The predicted octanol–water partition coefficient (Wildman–Crippen LogP) is 9.64. The molecule has 0 saturated heterocycles. The van der Waals surface area contributed by atoms with Gasteiger partial charge in [-0.25, -0.2) is 4.39 Å². The molecule has 0 aliphatic heterocycles. The molecule has 2 fully saturated rings. The molecule has 2 aliphatic rings. The van der Waals surface area contributed by atoms with Gasteiger partial charge in [-0.05, 0) is 92.2 Å². The van der Waals surface area contributed by atoms with Gasteiger partial charge in [-0.15, -0.1) is 0 Å². The van der Waals surface area contributed by atoms with Gasteiger partial charge in [0.05, 0.1) is 6.61 Å². The lowest BCUT2D eigenvalue weighted by atomic mass is 9.68. The van der Waals surface area contributed by atoms with E-state index in [1.807, 2.05) is 12.1 Å². The minimum absolute atomic E-state index is 0.00184. The molecule has 2 saturated carbocycles. The van der Waals surface area contributed by atoms with Crippen LogP contribution in [0.2, 0.25) is 0 Å². The van der Waals surface area contributed by atoms with Crippen molar-refractivity contribution < 1.29 is 13.5 Å². The minimum Gasteiger partial charge on any atom is -0.491 e.